The molecule has 0 saturated heterocycles. The third kappa shape index (κ3) is 10.6. The van der Waals surface area contributed by atoms with Gasteiger partial charge >= 0.3 is 18.1 Å². The van der Waals surface area contributed by atoms with Gasteiger partial charge in [0.05, 0.1) is 6.10 Å². The van der Waals surface area contributed by atoms with Gasteiger partial charge in [0.15, 0.2) is 0 Å². The van der Waals surface area contributed by atoms with Crippen molar-refractivity contribution in [1.82, 2.24) is 14.9 Å². The molecule has 0 radical (unpaired) electrons. The fourth-order valence-electron chi connectivity index (χ4n) is 1.60. The Hall–Kier alpha value is -1.70. The monoisotopic (exact) mass is 344 g/mol. The van der Waals surface area contributed by atoms with Crippen molar-refractivity contribution in [2.45, 2.75) is 46.6 Å². The number of aliphatic imine (C=N–C) groups is 1. The van der Waals surface area contributed by atoms with Gasteiger partial charge in [-0.2, -0.15) is 0 Å². The zero-order valence-electron chi connectivity index (χ0n) is 14.4. The van der Waals surface area contributed by atoms with Gasteiger partial charge in [-0.1, -0.05) is 19.9 Å². The maximum Gasteiger partial charge on any atom is 0.348 e. The van der Waals surface area contributed by atoms with Crippen molar-refractivity contribution in [3.8, 4) is 0 Å². The summed E-state index contributed by atoms with van der Waals surface area (Å²) in [6.07, 6.45) is 3.14. The predicted octanol–water partition coefficient (Wildman–Crippen LogP) is 3.14. The lowest BCUT2D eigenvalue weighted by Gasteiger charge is -2.20. The first-order valence-electron chi connectivity index (χ1n) is 7.78. The Bertz CT molecular complexity index is 408. The van der Waals surface area contributed by atoms with Gasteiger partial charge in [-0.25, -0.2) is 9.59 Å². The van der Waals surface area contributed by atoms with Crippen LogP contribution in [0, 0.1) is 0 Å². The summed E-state index contributed by atoms with van der Waals surface area (Å²) in [5.74, 6) is 0.574. The topological polar surface area (TPSA) is 83.0 Å². The normalized spacial score (nSPS) is 11.1. The van der Waals surface area contributed by atoms with Crippen LogP contribution in [0.15, 0.2) is 17.6 Å². The molecule has 0 aromatic carbocycles. The standard InChI is InChI=1S/C15H28N4O3S/c1-6-9-19(10-7-2)15(21)17-14(22-12(4)5)16-13(20)18-23-11-8-3/h8,12H,3,6-7,9-11H2,1-2,4-5H3,(H2,16,17,18,20,21). The Morgan fingerprint density at radius 1 is 1.30 bits per heavy atom. The molecule has 2 N–H and O–H groups in total. The molecule has 0 aromatic rings. The van der Waals surface area contributed by atoms with E-state index in [9.17, 15) is 9.59 Å². The quantitative estimate of drug-likeness (QED) is 0.233. The van der Waals surface area contributed by atoms with Gasteiger partial charge in [-0.05, 0) is 38.6 Å². The number of amidine groups is 1. The zero-order chi connectivity index (χ0) is 17.7. The van der Waals surface area contributed by atoms with Crippen molar-refractivity contribution >= 4 is 30.0 Å². The predicted molar refractivity (Wildman–Crippen MR) is 95.5 cm³/mol. The van der Waals surface area contributed by atoms with Crippen molar-refractivity contribution in [1.29, 1.82) is 0 Å². The molecule has 0 fully saturated rings. The summed E-state index contributed by atoms with van der Waals surface area (Å²) < 4.78 is 7.96. The minimum Gasteiger partial charge on any atom is -0.462 e. The van der Waals surface area contributed by atoms with E-state index < -0.39 is 12.1 Å². The highest BCUT2D eigenvalue weighted by molar-refractivity contribution is 7.98. The van der Waals surface area contributed by atoms with Crippen LogP contribution in [0.25, 0.3) is 0 Å². The number of nitrogens with zero attached hydrogens (tertiary/aromatic N) is 2. The number of ether oxygens (including phenoxy) is 1. The van der Waals surface area contributed by atoms with E-state index in [1.807, 2.05) is 13.8 Å². The van der Waals surface area contributed by atoms with Crippen molar-refractivity contribution in [2.24, 2.45) is 4.99 Å². The Kier molecular flexibility index (Phi) is 11.9. The molecule has 0 atom stereocenters. The average Bonchev–Trinajstić information content (AvgIpc) is 2.46. The van der Waals surface area contributed by atoms with Gasteiger partial charge in [-0.15, -0.1) is 11.6 Å². The first kappa shape index (κ1) is 21.3. The van der Waals surface area contributed by atoms with Gasteiger partial charge < -0.3 is 9.64 Å². The van der Waals surface area contributed by atoms with Gasteiger partial charge in [0.1, 0.15) is 0 Å². The number of amides is 4. The van der Waals surface area contributed by atoms with Crippen LogP contribution in [0.5, 0.6) is 0 Å². The second-order valence-electron chi connectivity index (χ2n) is 5.01. The first-order valence-corrected chi connectivity index (χ1v) is 8.77. The summed E-state index contributed by atoms with van der Waals surface area (Å²) in [4.78, 5) is 29.5. The summed E-state index contributed by atoms with van der Waals surface area (Å²) in [6, 6.07) is -1.01. The smallest absolute Gasteiger partial charge is 0.348 e. The molecule has 0 unspecified atom stereocenters. The fourth-order valence-corrected chi connectivity index (χ4v) is 1.98. The molecule has 0 heterocycles. The largest absolute Gasteiger partial charge is 0.462 e. The highest BCUT2D eigenvalue weighted by atomic mass is 32.2. The maximum atomic E-state index is 12.2. The minimum atomic E-state index is -0.499. The number of carbonyl (C=O) groups is 2. The molecule has 23 heavy (non-hydrogen) atoms. The lowest BCUT2D eigenvalue weighted by molar-refractivity contribution is 0.198. The second-order valence-corrected chi connectivity index (χ2v) is 5.84. The lowest BCUT2D eigenvalue weighted by atomic mass is 10.4. The molecule has 8 heteroatoms. The molecule has 0 saturated carbocycles. The van der Waals surface area contributed by atoms with Crippen LogP contribution in [-0.4, -0.2) is 47.9 Å². The molecule has 7 nitrogen and oxygen atoms in total. The second kappa shape index (κ2) is 12.8. The van der Waals surface area contributed by atoms with Crippen molar-refractivity contribution in [3.63, 3.8) is 0 Å². The Balaban J connectivity index is 4.87. The van der Waals surface area contributed by atoms with Crippen molar-refractivity contribution in [3.05, 3.63) is 12.7 Å². The Labute approximate surface area is 143 Å². The number of rotatable bonds is 8. The van der Waals surface area contributed by atoms with Crippen LogP contribution in [-0.2, 0) is 4.74 Å². The zero-order valence-corrected chi connectivity index (χ0v) is 15.2. The minimum absolute atomic E-state index is 0.0982. The van der Waals surface area contributed by atoms with Crippen molar-refractivity contribution in [2.75, 3.05) is 18.8 Å². The molecule has 0 aliphatic heterocycles. The number of hydrogen-bond donors (Lipinski definition) is 2. The molecular weight excluding hydrogens is 316 g/mol. The average molecular weight is 344 g/mol. The Morgan fingerprint density at radius 3 is 2.39 bits per heavy atom. The van der Waals surface area contributed by atoms with Crippen LogP contribution in [0.3, 0.4) is 0 Å². The molecule has 0 aliphatic rings. The summed E-state index contributed by atoms with van der Waals surface area (Å²) >= 11 is 1.18. The van der Waals surface area contributed by atoms with E-state index in [1.165, 1.54) is 11.9 Å². The van der Waals surface area contributed by atoms with E-state index in [0.29, 0.717) is 18.8 Å². The number of nitrogens with one attached hydrogen (secondary N) is 2. The van der Waals surface area contributed by atoms with Crippen LogP contribution < -0.4 is 10.0 Å². The number of hydrogen-bond acceptors (Lipinski definition) is 4. The van der Waals surface area contributed by atoms with E-state index in [0.717, 1.165) is 12.8 Å². The number of carbonyl (C=O) groups excluding carboxylic acids is 2. The Morgan fingerprint density at radius 2 is 1.91 bits per heavy atom. The van der Waals surface area contributed by atoms with Gasteiger partial charge in [-0.3, -0.25) is 10.0 Å². The van der Waals surface area contributed by atoms with Gasteiger partial charge in [0.25, 0.3) is 0 Å². The maximum absolute atomic E-state index is 12.2. The highest BCUT2D eigenvalue weighted by Gasteiger charge is 2.15. The van der Waals surface area contributed by atoms with E-state index in [1.54, 1.807) is 24.8 Å². The summed E-state index contributed by atoms with van der Waals surface area (Å²) in [6.45, 7) is 12.4. The van der Waals surface area contributed by atoms with E-state index in [-0.39, 0.29) is 12.1 Å². The van der Waals surface area contributed by atoms with E-state index in [4.69, 9.17) is 4.74 Å². The summed E-state index contributed by atoms with van der Waals surface area (Å²) in [5, 5.41) is 2.45. The molecule has 0 aromatic heterocycles. The van der Waals surface area contributed by atoms with Gasteiger partial charge in [0.2, 0.25) is 0 Å². The molecule has 0 bridgehead atoms. The molecule has 4 amide bonds. The van der Waals surface area contributed by atoms with Gasteiger partial charge in [0, 0.05) is 18.8 Å². The molecule has 0 spiro atoms. The van der Waals surface area contributed by atoms with E-state index in [2.05, 4.69) is 21.6 Å². The SMILES string of the molecule is C=CCSNC(=O)NC(=NC(=O)N(CCC)CCC)OC(C)C. The third-order valence-corrected chi connectivity index (χ3v) is 3.12. The fraction of sp³-hybridized carbons (Fsp3) is 0.667. The van der Waals surface area contributed by atoms with Crippen LogP contribution in [0.4, 0.5) is 9.59 Å². The number of urea groups is 2. The van der Waals surface area contributed by atoms with Crippen LogP contribution in [0.1, 0.15) is 40.5 Å². The highest BCUT2D eigenvalue weighted by Crippen LogP contribution is 2.00. The van der Waals surface area contributed by atoms with Crippen molar-refractivity contribution < 1.29 is 14.3 Å². The molecule has 0 aliphatic carbocycles. The van der Waals surface area contributed by atoms with Crippen LogP contribution >= 0.6 is 11.9 Å². The molecule has 0 rings (SSSR count). The third-order valence-electron chi connectivity index (χ3n) is 2.39. The lowest BCUT2D eigenvalue weighted by Crippen LogP contribution is -2.41. The first-order chi connectivity index (χ1) is 10.9. The molecule has 132 valence electrons. The van der Waals surface area contributed by atoms with Crippen LogP contribution in [0.2, 0.25) is 0 Å². The summed E-state index contributed by atoms with van der Waals surface area (Å²) in [7, 11) is 0. The van der Waals surface area contributed by atoms with E-state index >= 15 is 0 Å². The summed E-state index contributed by atoms with van der Waals surface area (Å²) in [5.41, 5.74) is 0. The molecular formula is C15H28N4O3S.